The summed E-state index contributed by atoms with van der Waals surface area (Å²) in [5.74, 6) is 0.523. The van der Waals surface area contributed by atoms with Crippen molar-refractivity contribution < 1.29 is 18.7 Å². The molecule has 1 aromatic heterocycles. The first kappa shape index (κ1) is 22.8. The molecular formula is C29H27FN2O3. The molecule has 0 bridgehead atoms. The van der Waals surface area contributed by atoms with Gasteiger partial charge in [-0.25, -0.2) is 9.37 Å². The first-order valence-corrected chi connectivity index (χ1v) is 11.7. The predicted molar refractivity (Wildman–Crippen MR) is 134 cm³/mol. The number of fused-ring (bicyclic) bond motifs is 1. The smallest absolute Gasteiger partial charge is 0.257 e. The number of methoxy groups -OCH3 is 2. The molecule has 0 unspecified atom stereocenters. The van der Waals surface area contributed by atoms with Crippen LogP contribution >= 0.6 is 0 Å². The van der Waals surface area contributed by atoms with Crippen molar-refractivity contribution in [1.82, 2.24) is 9.88 Å². The van der Waals surface area contributed by atoms with Gasteiger partial charge in [-0.3, -0.25) is 4.79 Å². The molecule has 5 rings (SSSR count). The highest BCUT2D eigenvalue weighted by Crippen LogP contribution is 2.38. The van der Waals surface area contributed by atoms with E-state index in [0.717, 1.165) is 46.1 Å². The molecule has 35 heavy (non-hydrogen) atoms. The lowest BCUT2D eigenvalue weighted by Gasteiger charge is -2.25. The van der Waals surface area contributed by atoms with Gasteiger partial charge in [-0.15, -0.1) is 0 Å². The minimum absolute atomic E-state index is 0.0790. The zero-order chi connectivity index (χ0) is 24.5. The standard InChI is InChI=1S/C29H27FN2O3/c1-18-7-6-8-19-15-20(17-32(21-11-12-21)29(33)23-9-4-5-10-25(23)30)28(31-27(18)19)24-16-22(34-2)13-14-26(24)35-3/h4-10,13-16,21H,11-12,17H2,1-3H3. The second-order valence-electron chi connectivity index (χ2n) is 8.85. The number of hydrogen-bond acceptors (Lipinski definition) is 4. The van der Waals surface area contributed by atoms with E-state index in [1.165, 1.54) is 6.07 Å². The Morgan fingerprint density at radius 3 is 2.54 bits per heavy atom. The van der Waals surface area contributed by atoms with E-state index in [1.807, 2.05) is 43.3 Å². The van der Waals surface area contributed by atoms with Gasteiger partial charge in [-0.1, -0.05) is 30.3 Å². The van der Waals surface area contributed by atoms with E-state index >= 15 is 0 Å². The Bertz CT molecular complexity index is 1410. The van der Waals surface area contributed by atoms with Gasteiger partial charge in [0.1, 0.15) is 17.3 Å². The lowest BCUT2D eigenvalue weighted by molar-refractivity contribution is 0.0725. The number of aromatic nitrogens is 1. The van der Waals surface area contributed by atoms with E-state index in [0.29, 0.717) is 18.0 Å². The number of aryl methyl sites for hydroxylation is 1. The fraction of sp³-hybridized carbons (Fsp3) is 0.241. The van der Waals surface area contributed by atoms with Gasteiger partial charge in [0.25, 0.3) is 5.91 Å². The van der Waals surface area contributed by atoms with Crippen LogP contribution in [-0.4, -0.2) is 36.1 Å². The van der Waals surface area contributed by atoms with Gasteiger partial charge in [-0.05, 0) is 67.3 Å². The van der Waals surface area contributed by atoms with E-state index < -0.39 is 5.82 Å². The predicted octanol–water partition coefficient (Wildman–Crippen LogP) is 6.17. The van der Waals surface area contributed by atoms with Crippen molar-refractivity contribution in [1.29, 1.82) is 0 Å². The molecule has 0 atom stereocenters. The van der Waals surface area contributed by atoms with Crippen molar-refractivity contribution in [3.05, 3.63) is 89.2 Å². The number of amides is 1. The number of nitrogens with zero attached hydrogens (tertiary/aromatic N) is 2. The monoisotopic (exact) mass is 470 g/mol. The Kier molecular flexibility index (Phi) is 6.12. The summed E-state index contributed by atoms with van der Waals surface area (Å²) < 4.78 is 25.7. The molecular weight excluding hydrogens is 443 g/mol. The second-order valence-corrected chi connectivity index (χ2v) is 8.85. The minimum Gasteiger partial charge on any atom is -0.497 e. The normalized spacial score (nSPS) is 13.0. The summed E-state index contributed by atoms with van der Waals surface area (Å²) in [6.45, 7) is 2.34. The van der Waals surface area contributed by atoms with Gasteiger partial charge in [0.2, 0.25) is 0 Å². The highest BCUT2D eigenvalue weighted by molar-refractivity contribution is 5.95. The Hall–Kier alpha value is -3.93. The average Bonchev–Trinajstić information content (AvgIpc) is 3.72. The summed E-state index contributed by atoms with van der Waals surface area (Å²) in [6.07, 6.45) is 1.80. The molecule has 1 aliphatic rings. The van der Waals surface area contributed by atoms with Crippen LogP contribution in [0.1, 0.15) is 34.3 Å². The maximum atomic E-state index is 14.5. The van der Waals surface area contributed by atoms with Crippen LogP contribution in [0.2, 0.25) is 0 Å². The topological polar surface area (TPSA) is 51.7 Å². The van der Waals surface area contributed by atoms with Gasteiger partial charge in [0, 0.05) is 23.5 Å². The number of carbonyl (C=O) groups excluding carboxylic acids is 1. The largest absolute Gasteiger partial charge is 0.497 e. The van der Waals surface area contributed by atoms with Crippen LogP contribution in [0.25, 0.3) is 22.2 Å². The van der Waals surface area contributed by atoms with Crippen LogP contribution in [0.3, 0.4) is 0 Å². The number of para-hydroxylation sites is 1. The second kappa shape index (κ2) is 9.37. The third-order valence-electron chi connectivity index (χ3n) is 6.48. The number of halogens is 1. The van der Waals surface area contributed by atoms with Crippen molar-refractivity contribution in [2.24, 2.45) is 0 Å². The maximum Gasteiger partial charge on any atom is 0.257 e. The Labute approximate surface area is 204 Å². The molecule has 1 fully saturated rings. The van der Waals surface area contributed by atoms with Gasteiger partial charge >= 0.3 is 0 Å². The number of rotatable bonds is 7. The summed E-state index contributed by atoms with van der Waals surface area (Å²) in [5.41, 5.74) is 4.39. The number of ether oxygens (including phenoxy) is 2. The highest BCUT2D eigenvalue weighted by atomic mass is 19.1. The van der Waals surface area contributed by atoms with E-state index in [2.05, 4.69) is 6.07 Å². The fourth-order valence-corrected chi connectivity index (χ4v) is 4.47. The fourth-order valence-electron chi connectivity index (χ4n) is 4.47. The van der Waals surface area contributed by atoms with Gasteiger partial charge in [0.05, 0.1) is 31.0 Å². The van der Waals surface area contributed by atoms with Crippen LogP contribution in [0.15, 0.2) is 66.7 Å². The van der Waals surface area contributed by atoms with Crippen LogP contribution in [0, 0.1) is 12.7 Å². The van der Waals surface area contributed by atoms with E-state index in [4.69, 9.17) is 14.5 Å². The van der Waals surface area contributed by atoms with Crippen molar-refractivity contribution >= 4 is 16.8 Å². The molecule has 0 spiro atoms. The molecule has 5 nitrogen and oxygen atoms in total. The van der Waals surface area contributed by atoms with Crippen LogP contribution in [0.5, 0.6) is 11.5 Å². The Morgan fingerprint density at radius 1 is 1.03 bits per heavy atom. The number of carbonyl (C=O) groups is 1. The van der Waals surface area contributed by atoms with Crippen LogP contribution in [-0.2, 0) is 6.54 Å². The summed E-state index contributed by atoms with van der Waals surface area (Å²) in [7, 11) is 3.24. The lowest BCUT2D eigenvalue weighted by atomic mass is 10.00. The minimum atomic E-state index is -0.509. The van der Waals surface area contributed by atoms with Crippen LogP contribution in [0.4, 0.5) is 4.39 Å². The first-order valence-electron chi connectivity index (χ1n) is 11.7. The molecule has 178 valence electrons. The van der Waals surface area contributed by atoms with E-state index in [-0.39, 0.29) is 17.5 Å². The number of pyridine rings is 1. The zero-order valence-electron chi connectivity index (χ0n) is 20.0. The molecule has 1 amide bonds. The zero-order valence-corrected chi connectivity index (χ0v) is 20.0. The van der Waals surface area contributed by atoms with Crippen LogP contribution < -0.4 is 9.47 Å². The molecule has 1 saturated carbocycles. The third-order valence-corrected chi connectivity index (χ3v) is 6.48. The Balaban J connectivity index is 1.67. The van der Waals surface area contributed by atoms with E-state index in [1.54, 1.807) is 37.3 Å². The summed E-state index contributed by atoms with van der Waals surface area (Å²) >= 11 is 0. The summed E-state index contributed by atoms with van der Waals surface area (Å²) in [4.78, 5) is 20.3. The molecule has 1 aliphatic carbocycles. The molecule has 4 aromatic rings. The summed E-state index contributed by atoms with van der Waals surface area (Å²) in [5, 5.41) is 0.986. The Morgan fingerprint density at radius 2 is 1.83 bits per heavy atom. The van der Waals surface area contributed by atoms with Crippen molar-refractivity contribution in [2.45, 2.75) is 32.4 Å². The molecule has 1 heterocycles. The molecule has 3 aromatic carbocycles. The third kappa shape index (κ3) is 4.44. The molecule has 0 N–H and O–H groups in total. The average molecular weight is 471 g/mol. The van der Waals surface area contributed by atoms with E-state index in [9.17, 15) is 9.18 Å². The van der Waals surface area contributed by atoms with Gasteiger partial charge in [-0.2, -0.15) is 0 Å². The van der Waals surface area contributed by atoms with Gasteiger partial charge < -0.3 is 14.4 Å². The maximum absolute atomic E-state index is 14.5. The highest BCUT2D eigenvalue weighted by Gasteiger charge is 2.35. The first-order chi connectivity index (χ1) is 17.0. The van der Waals surface area contributed by atoms with Crippen molar-refractivity contribution in [3.8, 4) is 22.8 Å². The SMILES string of the molecule is COc1ccc(OC)c(-c2nc3c(C)cccc3cc2CN(C(=O)c2ccccc2F)C2CC2)c1. The molecule has 0 aliphatic heterocycles. The summed E-state index contributed by atoms with van der Waals surface area (Å²) in [6, 6.07) is 19.9. The number of hydrogen-bond donors (Lipinski definition) is 0. The molecule has 0 saturated heterocycles. The molecule has 0 radical (unpaired) electrons. The van der Waals surface area contributed by atoms with Crippen molar-refractivity contribution in [3.63, 3.8) is 0 Å². The lowest BCUT2D eigenvalue weighted by Crippen LogP contribution is -2.33. The van der Waals surface area contributed by atoms with Crippen molar-refractivity contribution in [2.75, 3.05) is 14.2 Å². The molecule has 6 heteroatoms. The number of benzene rings is 3. The van der Waals surface area contributed by atoms with Gasteiger partial charge in [0.15, 0.2) is 0 Å². The quantitative estimate of drug-likeness (QED) is 0.324.